The number of hydrogen-bond donors (Lipinski definition) is 4. The summed E-state index contributed by atoms with van der Waals surface area (Å²) in [5, 5.41) is 31.2. The maximum absolute atomic E-state index is 10.2. The first-order valence-corrected chi connectivity index (χ1v) is 5.10. The molecule has 0 amide bonds. The van der Waals surface area contributed by atoms with E-state index in [1.807, 2.05) is 0 Å². The van der Waals surface area contributed by atoms with Crippen molar-refractivity contribution >= 4 is 17.9 Å². The highest BCUT2D eigenvalue weighted by molar-refractivity contribution is 5.87. The Morgan fingerprint density at radius 3 is 1.42 bits per heavy atom. The molecule has 0 radical (unpaired) electrons. The molecule has 0 aliphatic carbocycles. The third-order valence-electron chi connectivity index (χ3n) is 1.57. The Hall–Kier alpha value is -2.41. The van der Waals surface area contributed by atoms with Gasteiger partial charge < -0.3 is 20.4 Å². The SMILES string of the molecule is CO.O=C(O)CCC(=O)O.O=C(O)c1ccccc1. The van der Waals surface area contributed by atoms with E-state index < -0.39 is 17.9 Å². The van der Waals surface area contributed by atoms with Crippen molar-refractivity contribution in [2.75, 3.05) is 7.11 Å². The molecule has 1 aromatic carbocycles. The quantitative estimate of drug-likeness (QED) is 0.640. The molecule has 0 aliphatic heterocycles. The fourth-order valence-electron chi connectivity index (χ4n) is 0.795. The highest BCUT2D eigenvalue weighted by Crippen LogP contribution is 1.96. The molecule has 0 saturated heterocycles. The molecule has 0 heterocycles. The van der Waals surface area contributed by atoms with E-state index in [9.17, 15) is 14.4 Å². The van der Waals surface area contributed by atoms with Crippen molar-refractivity contribution in [1.29, 1.82) is 0 Å². The zero-order valence-corrected chi connectivity index (χ0v) is 10.3. The van der Waals surface area contributed by atoms with Gasteiger partial charge in [0.25, 0.3) is 0 Å². The van der Waals surface area contributed by atoms with Crippen LogP contribution in [0.25, 0.3) is 0 Å². The molecule has 106 valence electrons. The first-order chi connectivity index (χ1) is 8.93. The van der Waals surface area contributed by atoms with E-state index in [1.54, 1.807) is 30.3 Å². The standard InChI is InChI=1S/C7H6O2.C4H6O4.CH4O/c8-7(9)6-4-2-1-3-5-6;5-3(6)1-2-4(7)8;1-2/h1-5H,(H,8,9);1-2H2,(H,5,6)(H,7,8);2H,1H3. The van der Waals surface area contributed by atoms with Crippen LogP contribution >= 0.6 is 0 Å². The smallest absolute Gasteiger partial charge is 0.335 e. The Morgan fingerprint density at radius 1 is 0.842 bits per heavy atom. The molecule has 0 aliphatic rings. The molecule has 1 aromatic rings. The van der Waals surface area contributed by atoms with Crippen LogP contribution in [0.1, 0.15) is 23.2 Å². The average Bonchev–Trinajstić information content (AvgIpc) is 2.40. The van der Waals surface area contributed by atoms with E-state index in [0.717, 1.165) is 7.11 Å². The van der Waals surface area contributed by atoms with Gasteiger partial charge in [0.05, 0.1) is 18.4 Å². The van der Waals surface area contributed by atoms with Crippen molar-refractivity contribution in [3.05, 3.63) is 35.9 Å². The molecule has 0 saturated carbocycles. The molecule has 0 unspecified atom stereocenters. The maximum atomic E-state index is 10.2. The molecule has 0 aromatic heterocycles. The van der Waals surface area contributed by atoms with Crippen molar-refractivity contribution in [2.45, 2.75) is 12.8 Å². The highest BCUT2D eigenvalue weighted by Gasteiger charge is 2.00. The van der Waals surface area contributed by atoms with E-state index in [-0.39, 0.29) is 12.8 Å². The number of hydrogen-bond acceptors (Lipinski definition) is 4. The molecule has 1 rings (SSSR count). The van der Waals surface area contributed by atoms with Gasteiger partial charge >= 0.3 is 17.9 Å². The van der Waals surface area contributed by atoms with Crippen molar-refractivity contribution in [1.82, 2.24) is 0 Å². The zero-order valence-electron chi connectivity index (χ0n) is 10.3. The van der Waals surface area contributed by atoms with Gasteiger partial charge in [-0.3, -0.25) is 9.59 Å². The second-order valence-corrected chi connectivity index (χ2v) is 2.96. The van der Waals surface area contributed by atoms with Crippen LogP contribution in [0.3, 0.4) is 0 Å². The molecule has 19 heavy (non-hydrogen) atoms. The Bertz CT molecular complexity index is 372. The Balaban J connectivity index is 0. The first-order valence-electron chi connectivity index (χ1n) is 5.10. The van der Waals surface area contributed by atoms with Crippen LogP contribution in [0.2, 0.25) is 0 Å². The van der Waals surface area contributed by atoms with Gasteiger partial charge in [0.1, 0.15) is 0 Å². The van der Waals surface area contributed by atoms with E-state index in [1.165, 1.54) is 0 Å². The lowest BCUT2D eigenvalue weighted by molar-refractivity contribution is -0.143. The van der Waals surface area contributed by atoms with Gasteiger partial charge in [-0.2, -0.15) is 0 Å². The zero-order chi connectivity index (χ0) is 15.3. The lowest BCUT2D eigenvalue weighted by Crippen LogP contribution is -2.00. The number of aliphatic carboxylic acids is 2. The fourth-order valence-corrected chi connectivity index (χ4v) is 0.795. The van der Waals surface area contributed by atoms with E-state index >= 15 is 0 Å². The summed E-state index contributed by atoms with van der Waals surface area (Å²) in [6, 6.07) is 8.30. The van der Waals surface area contributed by atoms with Crippen LogP contribution in [0.5, 0.6) is 0 Å². The lowest BCUT2D eigenvalue weighted by Gasteiger charge is -1.88. The summed E-state index contributed by atoms with van der Waals surface area (Å²) in [6.45, 7) is 0. The monoisotopic (exact) mass is 272 g/mol. The van der Waals surface area contributed by atoms with E-state index in [2.05, 4.69) is 0 Å². The molecule has 7 heteroatoms. The van der Waals surface area contributed by atoms with E-state index in [4.69, 9.17) is 20.4 Å². The van der Waals surface area contributed by atoms with Crippen LogP contribution in [0, 0.1) is 0 Å². The number of carboxylic acid groups (broad SMARTS) is 3. The van der Waals surface area contributed by atoms with Crippen molar-refractivity contribution in [3.63, 3.8) is 0 Å². The number of carbonyl (C=O) groups is 3. The van der Waals surface area contributed by atoms with Gasteiger partial charge in [0.15, 0.2) is 0 Å². The van der Waals surface area contributed by atoms with Gasteiger partial charge in [-0.25, -0.2) is 4.79 Å². The van der Waals surface area contributed by atoms with Crippen molar-refractivity contribution in [2.24, 2.45) is 0 Å². The molecular formula is C12H16O7. The molecule has 0 spiro atoms. The fraction of sp³-hybridized carbons (Fsp3) is 0.250. The van der Waals surface area contributed by atoms with Gasteiger partial charge in [0, 0.05) is 7.11 Å². The minimum atomic E-state index is -1.08. The third-order valence-corrected chi connectivity index (χ3v) is 1.57. The Labute approximate surface area is 109 Å². The molecule has 0 fully saturated rings. The molecule has 7 nitrogen and oxygen atoms in total. The Morgan fingerprint density at radius 2 is 1.21 bits per heavy atom. The topological polar surface area (TPSA) is 132 Å². The van der Waals surface area contributed by atoms with Crippen molar-refractivity contribution < 1.29 is 34.8 Å². The van der Waals surface area contributed by atoms with Crippen LogP contribution in [0.15, 0.2) is 30.3 Å². The second-order valence-electron chi connectivity index (χ2n) is 2.96. The summed E-state index contributed by atoms with van der Waals surface area (Å²) in [7, 11) is 1.00. The number of aliphatic hydroxyl groups excluding tert-OH is 1. The Kier molecular flexibility index (Phi) is 12.0. The molecule has 0 atom stereocenters. The molecule has 4 N–H and O–H groups in total. The lowest BCUT2D eigenvalue weighted by atomic mass is 10.2. The number of rotatable bonds is 4. The van der Waals surface area contributed by atoms with Crippen LogP contribution in [-0.4, -0.2) is 45.4 Å². The number of carboxylic acids is 3. The number of aromatic carboxylic acids is 1. The van der Waals surface area contributed by atoms with Gasteiger partial charge in [0.2, 0.25) is 0 Å². The summed E-state index contributed by atoms with van der Waals surface area (Å²) in [6.07, 6.45) is -0.593. The van der Waals surface area contributed by atoms with Crippen LogP contribution in [0.4, 0.5) is 0 Å². The average molecular weight is 272 g/mol. The van der Waals surface area contributed by atoms with Crippen molar-refractivity contribution in [3.8, 4) is 0 Å². The summed E-state index contributed by atoms with van der Waals surface area (Å²) in [5.74, 6) is -3.03. The largest absolute Gasteiger partial charge is 0.481 e. The van der Waals surface area contributed by atoms with Crippen LogP contribution in [-0.2, 0) is 9.59 Å². The summed E-state index contributed by atoms with van der Waals surface area (Å²) < 4.78 is 0. The highest BCUT2D eigenvalue weighted by atomic mass is 16.4. The summed E-state index contributed by atoms with van der Waals surface area (Å²) in [5.41, 5.74) is 0.331. The maximum Gasteiger partial charge on any atom is 0.335 e. The summed E-state index contributed by atoms with van der Waals surface area (Å²) in [4.78, 5) is 29.5. The third kappa shape index (κ3) is 13.5. The van der Waals surface area contributed by atoms with Gasteiger partial charge in [-0.1, -0.05) is 18.2 Å². The first kappa shape index (κ1) is 18.9. The second kappa shape index (κ2) is 12.1. The minimum absolute atomic E-state index is 0.296. The normalized spacial score (nSPS) is 8.11. The predicted octanol–water partition coefficient (Wildman–Crippen LogP) is 0.929. The predicted molar refractivity (Wildman–Crippen MR) is 66.0 cm³/mol. The number of benzene rings is 1. The molecular weight excluding hydrogens is 256 g/mol. The minimum Gasteiger partial charge on any atom is -0.481 e. The van der Waals surface area contributed by atoms with Crippen LogP contribution < -0.4 is 0 Å². The number of aliphatic hydroxyl groups is 1. The molecule has 0 bridgehead atoms. The summed E-state index contributed by atoms with van der Waals surface area (Å²) >= 11 is 0. The van der Waals surface area contributed by atoms with Gasteiger partial charge in [-0.05, 0) is 12.1 Å². The van der Waals surface area contributed by atoms with Gasteiger partial charge in [-0.15, -0.1) is 0 Å². The van der Waals surface area contributed by atoms with E-state index in [0.29, 0.717) is 5.56 Å².